The van der Waals surface area contributed by atoms with Gasteiger partial charge in [-0.3, -0.25) is 4.79 Å². The third-order valence-electron chi connectivity index (χ3n) is 3.63. The maximum atomic E-state index is 13.9. The molecule has 0 spiro atoms. The summed E-state index contributed by atoms with van der Waals surface area (Å²) in [6.45, 7) is 1.99. The number of aryl methyl sites for hydroxylation is 2. The minimum Gasteiger partial charge on any atom is -0.399 e. The van der Waals surface area contributed by atoms with E-state index in [2.05, 4.69) is 0 Å². The van der Waals surface area contributed by atoms with Gasteiger partial charge in [-0.05, 0) is 36.8 Å². The number of fused-ring (bicyclic) bond motifs is 1. The van der Waals surface area contributed by atoms with Crippen LogP contribution in [0.3, 0.4) is 0 Å². The van der Waals surface area contributed by atoms with Crippen LogP contribution in [0.5, 0.6) is 0 Å². The molecule has 0 aliphatic carbocycles. The van der Waals surface area contributed by atoms with Gasteiger partial charge < -0.3 is 10.3 Å². The molecule has 2 N–H and O–H groups in total. The fourth-order valence-electron chi connectivity index (χ4n) is 2.54. The Morgan fingerprint density at radius 2 is 1.90 bits per heavy atom. The molecule has 2 aromatic carbocycles. The molecule has 0 aliphatic rings. The van der Waals surface area contributed by atoms with Crippen molar-refractivity contribution in [1.29, 1.82) is 0 Å². The lowest BCUT2D eigenvalue weighted by Crippen LogP contribution is -2.05. The maximum absolute atomic E-state index is 13.9. The van der Waals surface area contributed by atoms with Crippen molar-refractivity contribution < 1.29 is 9.18 Å². The van der Waals surface area contributed by atoms with E-state index in [1.807, 2.05) is 36.7 Å². The van der Waals surface area contributed by atoms with Gasteiger partial charge in [0.15, 0.2) is 5.78 Å². The summed E-state index contributed by atoms with van der Waals surface area (Å²) in [6, 6.07) is 9.87. The van der Waals surface area contributed by atoms with Gasteiger partial charge in [-0.2, -0.15) is 0 Å². The molecule has 0 saturated heterocycles. The van der Waals surface area contributed by atoms with E-state index in [1.165, 1.54) is 18.2 Å². The smallest absolute Gasteiger partial charge is 0.198 e. The van der Waals surface area contributed by atoms with E-state index in [-0.39, 0.29) is 11.3 Å². The lowest BCUT2D eigenvalue weighted by molar-refractivity contribution is 0.103. The average molecular weight is 282 g/mol. The standard InChI is InChI=1S/C17H15FN2O/c1-10-3-5-12-14(9-20(2)16(12)7-10)17(21)13-8-11(19)4-6-15(13)18/h3-9H,19H2,1-2H3. The summed E-state index contributed by atoms with van der Waals surface area (Å²) in [4.78, 5) is 12.6. The number of rotatable bonds is 2. The Morgan fingerprint density at radius 1 is 1.14 bits per heavy atom. The lowest BCUT2D eigenvalue weighted by atomic mass is 10.0. The summed E-state index contributed by atoms with van der Waals surface area (Å²) >= 11 is 0. The van der Waals surface area contributed by atoms with Crippen LogP contribution < -0.4 is 5.73 Å². The lowest BCUT2D eigenvalue weighted by Gasteiger charge is -2.03. The molecule has 3 rings (SSSR count). The maximum Gasteiger partial charge on any atom is 0.198 e. The minimum absolute atomic E-state index is 0.00285. The highest BCUT2D eigenvalue weighted by atomic mass is 19.1. The number of nitrogens with two attached hydrogens (primary N) is 1. The van der Waals surface area contributed by atoms with Crippen molar-refractivity contribution in [2.75, 3.05) is 5.73 Å². The van der Waals surface area contributed by atoms with Gasteiger partial charge in [0.1, 0.15) is 5.82 Å². The first-order chi connectivity index (χ1) is 9.97. The van der Waals surface area contributed by atoms with Crippen LogP contribution in [0.1, 0.15) is 21.5 Å². The normalized spacial score (nSPS) is 11.0. The highest BCUT2D eigenvalue weighted by Crippen LogP contribution is 2.25. The molecule has 1 aromatic heterocycles. The number of carbonyl (C=O) groups is 1. The highest BCUT2D eigenvalue weighted by molar-refractivity contribution is 6.16. The quantitative estimate of drug-likeness (QED) is 0.578. The van der Waals surface area contributed by atoms with Gasteiger partial charge >= 0.3 is 0 Å². The Kier molecular flexibility index (Phi) is 3.01. The second-order valence-electron chi connectivity index (χ2n) is 5.24. The Hall–Kier alpha value is -2.62. The van der Waals surface area contributed by atoms with E-state index < -0.39 is 5.82 Å². The zero-order valence-corrected chi connectivity index (χ0v) is 11.9. The first-order valence-electron chi connectivity index (χ1n) is 6.63. The highest BCUT2D eigenvalue weighted by Gasteiger charge is 2.19. The van der Waals surface area contributed by atoms with Crippen LogP contribution in [0, 0.1) is 12.7 Å². The molecule has 3 aromatic rings. The van der Waals surface area contributed by atoms with E-state index in [4.69, 9.17) is 5.73 Å². The number of aromatic nitrogens is 1. The summed E-state index contributed by atoms with van der Waals surface area (Å²) in [5.41, 5.74) is 8.57. The average Bonchev–Trinajstić information content (AvgIpc) is 2.78. The summed E-state index contributed by atoms with van der Waals surface area (Å²) < 4.78 is 15.8. The molecular formula is C17H15FN2O. The Bertz CT molecular complexity index is 865. The van der Waals surface area contributed by atoms with Gasteiger partial charge in [-0.1, -0.05) is 12.1 Å². The number of halogens is 1. The molecule has 4 heteroatoms. The van der Waals surface area contributed by atoms with Crippen molar-refractivity contribution in [3.05, 3.63) is 65.1 Å². The van der Waals surface area contributed by atoms with Crippen molar-refractivity contribution in [2.45, 2.75) is 6.92 Å². The van der Waals surface area contributed by atoms with Crippen LogP contribution in [0.2, 0.25) is 0 Å². The van der Waals surface area contributed by atoms with Crippen LogP contribution in [0.15, 0.2) is 42.6 Å². The van der Waals surface area contributed by atoms with E-state index >= 15 is 0 Å². The first-order valence-corrected chi connectivity index (χ1v) is 6.63. The molecular weight excluding hydrogens is 267 g/mol. The minimum atomic E-state index is -0.557. The van der Waals surface area contributed by atoms with Crippen LogP contribution in [0.25, 0.3) is 10.9 Å². The second kappa shape index (κ2) is 4.74. The Labute approximate surface area is 121 Å². The largest absolute Gasteiger partial charge is 0.399 e. The Morgan fingerprint density at radius 3 is 2.67 bits per heavy atom. The predicted molar refractivity (Wildman–Crippen MR) is 81.9 cm³/mol. The molecule has 0 fully saturated rings. The summed E-state index contributed by atoms with van der Waals surface area (Å²) in [5, 5.41) is 0.815. The Balaban J connectivity index is 2.21. The van der Waals surface area contributed by atoms with Crippen LogP contribution in [-0.2, 0) is 7.05 Å². The number of carbonyl (C=O) groups excluding carboxylic acids is 1. The molecule has 1 heterocycles. The first kappa shape index (κ1) is 13.4. The van der Waals surface area contributed by atoms with Gasteiger partial charge in [0.25, 0.3) is 0 Å². The van der Waals surface area contributed by atoms with Crippen molar-refractivity contribution in [3.63, 3.8) is 0 Å². The molecule has 106 valence electrons. The monoisotopic (exact) mass is 282 g/mol. The van der Waals surface area contributed by atoms with Gasteiger partial charge in [-0.15, -0.1) is 0 Å². The molecule has 0 unspecified atom stereocenters. The number of benzene rings is 2. The summed E-state index contributed by atoms with van der Waals surface area (Å²) in [5.74, 6) is -0.910. The zero-order chi connectivity index (χ0) is 15.1. The third kappa shape index (κ3) is 2.18. The van der Waals surface area contributed by atoms with E-state index in [9.17, 15) is 9.18 Å². The van der Waals surface area contributed by atoms with Crippen molar-refractivity contribution >= 4 is 22.4 Å². The molecule has 0 aliphatic heterocycles. The van der Waals surface area contributed by atoms with Crippen LogP contribution >= 0.6 is 0 Å². The molecule has 3 nitrogen and oxygen atoms in total. The van der Waals surface area contributed by atoms with Gasteiger partial charge in [0, 0.05) is 35.4 Å². The van der Waals surface area contributed by atoms with Gasteiger partial charge in [0.2, 0.25) is 0 Å². The fourth-order valence-corrected chi connectivity index (χ4v) is 2.54. The van der Waals surface area contributed by atoms with Crippen molar-refractivity contribution in [1.82, 2.24) is 4.57 Å². The molecule has 0 radical (unpaired) electrons. The topological polar surface area (TPSA) is 48.0 Å². The fraction of sp³-hybridized carbons (Fsp3) is 0.118. The van der Waals surface area contributed by atoms with Crippen molar-refractivity contribution in [3.8, 4) is 0 Å². The molecule has 0 atom stereocenters. The summed E-state index contributed by atoms with van der Waals surface area (Å²) in [6.07, 6.45) is 1.73. The second-order valence-corrected chi connectivity index (χ2v) is 5.24. The van der Waals surface area contributed by atoms with Crippen molar-refractivity contribution in [2.24, 2.45) is 7.05 Å². The van der Waals surface area contributed by atoms with Gasteiger partial charge in [-0.25, -0.2) is 4.39 Å². The molecule has 0 amide bonds. The van der Waals surface area contributed by atoms with E-state index in [0.29, 0.717) is 11.3 Å². The van der Waals surface area contributed by atoms with E-state index in [0.717, 1.165) is 16.5 Å². The molecule has 0 bridgehead atoms. The number of anilines is 1. The summed E-state index contributed by atoms with van der Waals surface area (Å²) in [7, 11) is 1.87. The SMILES string of the molecule is Cc1ccc2c(C(=O)c3cc(N)ccc3F)cn(C)c2c1. The predicted octanol–water partition coefficient (Wildman–Crippen LogP) is 3.44. The number of hydrogen-bond donors (Lipinski definition) is 1. The van der Waals surface area contributed by atoms with Crippen LogP contribution in [-0.4, -0.2) is 10.4 Å². The molecule has 0 saturated carbocycles. The number of nitrogen functional groups attached to an aromatic ring is 1. The number of hydrogen-bond acceptors (Lipinski definition) is 2. The molecule has 21 heavy (non-hydrogen) atoms. The number of nitrogens with zero attached hydrogens (tertiary/aromatic N) is 1. The van der Waals surface area contributed by atoms with Gasteiger partial charge in [0.05, 0.1) is 5.56 Å². The van der Waals surface area contributed by atoms with E-state index in [1.54, 1.807) is 6.20 Å². The number of ketones is 1. The zero-order valence-electron chi connectivity index (χ0n) is 11.9. The third-order valence-corrected chi connectivity index (χ3v) is 3.63. The van der Waals surface area contributed by atoms with Crippen LogP contribution in [0.4, 0.5) is 10.1 Å².